The van der Waals surface area contributed by atoms with Gasteiger partial charge in [0.25, 0.3) is 11.8 Å². The van der Waals surface area contributed by atoms with Crippen molar-refractivity contribution in [1.29, 1.82) is 10.5 Å². The molecule has 36 heavy (non-hydrogen) atoms. The molecular weight excluding hydrogens is 500 g/mol. The van der Waals surface area contributed by atoms with Crippen LogP contribution in [0.25, 0.3) is 6.08 Å². The molecule has 10 heteroatoms. The Morgan fingerprint density at radius 2 is 1.75 bits per heavy atom. The van der Waals surface area contributed by atoms with E-state index in [-0.39, 0.29) is 38.4 Å². The van der Waals surface area contributed by atoms with Crippen LogP contribution < -0.4 is 10.1 Å². The molecule has 8 nitrogen and oxygen atoms in total. The third kappa shape index (κ3) is 5.78. The second-order valence-electron chi connectivity index (χ2n) is 7.63. The van der Waals surface area contributed by atoms with Crippen LogP contribution in [0, 0.1) is 29.6 Å². The average molecular weight is 519 g/mol. The highest BCUT2D eigenvalue weighted by atomic mass is 35.5. The van der Waals surface area contributed by atoms with E-state index in [2.05, 4.69) is 5.32 Å². The molecule has 2 amide bonds. The number of thiophene rings is 1. The third-order valence-electron chi connectivity index (χ3n) is 4.95. The molecule has 0 radical (unpaired) electrons. The van der Waals surface area contributed by atoms with E-state index >= 15 is 0 Å². The van der Waals surface area contributed by atoms with Crippen molar-refractivity contribution in [3.8, 4) is 17.9 Å². The van der Waals surface area contributed by atoms with Crippen molar-refractivity contribution in [2.75, 3.05) is 19.4 Å². The molecule has 0 aliphatic rings. The Labute approximate surface area is 216 Å². The highest BCUT2D eigenvalue weighted by Crippen LogP contribution is 2.33. The van der Waals surface area contributed by atoms with Crippen LogP contribution in [0.3, 0.4) is 0 Å². The van der Waals surface area contributed by atoms with Gasteiger partial charge in [0, 0.05) is 14.1 Å². The summed E-state index contributed by atoms with van der Waals surface area (Å²) in [6, 6.07) is 16.5. The quantitative estimate of drug-likeness (QED) is 0.211. The van der Waals surface area contributed by atoms with E-state index in [0.717, 1.165) is 11.3 Å². The lowest BCUT2D eigenvalue weighted by Crippen LogP contribution is -2.21. The lowest BCUT2D eigenvalue weighted by Gasteiger charge is -2.08. The number of carbonyl (C=O) groups is 3. The van der Waals surface area contributed by atoms with E-state index in [1.807, 2.05) is 12.1 Å². The predicted octanol–water partition coefficient (Wildman–Crippen LogP) is 5.05. The fourth-order valence-corrected chi connectivity index (χ4v) is 4.44. The predicted molar refractivity (Wildman–Crippen MR) is 137 cm³/mol. The van der Waals surface area contributed by atoms with Crippen molar-refractivity contribution in [2.24, 2.45) is 0 Å². The van der Waals surface area contributed by atoms with Crippen molar-refractivity contribution in [2.45, 2.75) is 6.92 Å². The maximum atomic E-state index is 12.8. The Morgan fingerprint density at radius 3 is 2.33 bits per heavy atom. The molecule has 1 heterocycles. The number of benzene rings is 2. The van der Waals surface area contributed by atoms with Crippen LogP contribution in [0.1, 0.15) is 36.7 Å². The Morgan fingerprint density at radius 1 is 1.08 bits per heavy atom. The number of nitriles is 2. The minimum Gasteiger partial charge on any atom is -0.423 e. The zero-order valence-corrected chi connectivity index (χ0v) is 21.0. The number of rotatable bonds is 6. The Kier molecular flexibility index (Phi) is 8.23. The first kappa shape index (κ1) is 26.2. The van der Waals surface area contributed by atoms with Crippen molar-refractivity contribution >= 4 is 51.8 Å². The Bertz CT molecular complexity index is 1460. The number of hydrogen-bond acceptors (Lipinski definition) is 7. The van der Waals surface area contributed by atoms with Crippen molar-refractivity contribution in [3.05, 3.63) is 86.3 Å². The van der Waals surface area contributed by atoms with E-state index < -0.39 is 11.9 Å². The minimum absolute atomic E-state index is 0.167. The van der Waals surface area contributed by atoms with E-state index in [4.69, 9.17) is 16.3 Å². The second kappa shape index (κ2) is 11.3. The maximum Gasteiger partial charge on any atom is 0.345 e. The van der Waals surface area contributed by atoms with Gasteiger partial charge in [0.2, 0.25) is 0 Å². The number of esters is 1. The average Bonchev–Trinajstić information content (AvgIpc) is 3.17. The normalized spacial score (nSPS) is 10.7. The topological polar surface area (TPSA) is 123 Å². The summed E-state index contributed by atoms with van der Waals surface area (Å²) in [5.74, 6) is -1.38. The fourth-order valence-electron chi connectivity index (χ4n) is 3.05. The van der Waals surface area contributed by atoms with Crippen LogP contribution in [-0.2, 0) is 4.79 Å². The molecule has 3 rings (SSSR count). The van der Waals surface area contributed by atoms with Gasteiger partial charge in [0.1, 0.15) is 28.5 Å². The monoisotopic (exact) mass is 518 g/mol. The van der Waals surface area contributed by atoms with Crippen molar-refractivity contribution < 1.29 is 19.1 Å². The van der Waals surface area contributed by atoms with Crippen LogP contribution in [0.4, 0.5) is 5.00 Å². The summed E-state index contributed by atoms with van der Waals surface area (Å²) in [6.45, 7) is 1.63. The van der Waals surface area contributed by atoms with Gasteiger partial charge in [-0.05, 0) is 48.4 Å². The first-order valence-corrected chi connectivity index (χ1v) is 11.6. The van der Waals surface area contributed by atoms with Gasteiger partial charge in [-0.15, -0.1) is 11.3 Å². The van der Waals surface area contributed by atoms with E-state index in [1.165, 1.54) is 23.1 Å². The van der Waals surface area contributed by atoms with Crippen LogP contribution in [0.5, 0.6) is 5.75 Å². The number of ether oxygens (including phenoxy) is 1. The molecule has 0 atom stereocenters. The van der Waals surface area contributed by atoms with Gasteiger partial charge in [-0.1, -0.05) is 35.9 Å². The largest absolute Gasteiger partial charge is 0.423 e. The molecule has 0 saturated carbocycles. The molecule has 1 N–H and O–H groups in total. The number of carbonyl (C=O) groups excluding carboxylic acids is 3. The zero-order chi connectivity index (χ0) is 26.4. The first-order valence-electron chi connectivity index (χ1n) is 10.4. The molecule has 2 aromatic carbocycles. The van der Waals surface area contributed by atoms with Gasteiger partial charge in [0.05, 0.1) is 21.0 Å². The summed E-state index contributed by atoms with van der Waals surface area (Å²) in [5, 5.41) is 22.1. The number of hydrogen-bond donors (Lipinski definition) is 1. The number of amides is 2. The molecule has 0 saturated heterocycles. The summed E-state index contributed by atoms with van der Waals surface area (Å²) in [6.07, 6.45) is 1.35. The van der Waals surface area contributed by atoms with Crippen LogP contribution in [0.15, 0.2) is 54.1 Å². The van der Waals surface area contributed by atoms with E-state index in [0.29, 0.717) is 16.0 Å². The maximum absolute atomic E-state index is 12.8. The molecule has 1 aromatic heterocycles. The van der Waals surface area contributed by atoms with Gasteiger partial charge >= 0.3 is 5.97 Å². The summed E-state index contributed by atoms with van der Waals surface area (Å²) >= 11 is 6.99. The molecular formula is C26H19ClN4O4S. The molecule has 0 unspecified atom stereocenters. The lowest BCUT2D eigenvalue weighted by molar-refractivity contribution is -0.112. The molecule has 3 aromatic rings. The molecule has 0 aliphatic carbocycles. The number of nitrogens with one attached hydrogen (secondary N) is 1. The van der Waals surface area contributed by atoms with E-state index in [1.54, 1.807) is 57.4 Å². The smallest absolute Gasteiger partial charge is 0.345 e. The standard InChI is InChI=1S/C26H19ClN4O4S/c1-15-20(14-29)24(36-22(15)25(33)31(2)3)30-23(32)17(13-28)12-16-8-10-18(11-9-16)35-26(34)19-6-4-5-7-21(19)27/h4-12H,1-3H3,(H,30,32)/b17-12+. The van der Waals surface area contributed by atoms with Gasteiger partial charge in [-0.25, -0.2) is 4.79 Å². The SMILES string of the molecule is Cc1c(C(=O)N(C)C)sc(NC(=O)/C(C#N)=C/c2ccc(OC(=O)c3ccccc3Cl)cc2)c1C#N. The number of nitrogens with zero attached hydrogens (tertiary/aromatic N) is 3. The van der Waals surface area contributed by atoms with Gasteiger partial charge in [-0.3, -0.25) is 9.59 Å². The summed E-state index contributed by atoms with van der Waals surface area (Å²) < 4.78 is 5.32. The van der Waals surface area contributed by atoms with Crippen LogP contribution >= 0.6 is 22.9 Å². The zero-order valence-electron chi connectivity index (χ0n) is 19.5. The summed E-state index contributed by atoms with van der Waals surface area (Å²) in [4.78, 5) is 39.1. The van der Waals surface area contributed by atoms with E-state index in [9.17, 15) is 24.9 Å². The van der Waals surface area contributed by atoms with Crippen molar-refractivity contribution in [1.82, 2.24) is 4.90 Å². The summed E-state index contributed by atoms with van der Waals surface area (Å²) in [5.41, 5.74) is 1.14. The number of halogens is 1. The lowest BCUT2D eigenvalue weighted by atomic mass is 10.1. The van der Waals surface area contributed by atoms with Crippen LogP contribution in [0.2, 0.25) is 5.02 Å². The fraction of sp³-hybridized carbons (Fsp3) is 0.115. The molecule has 0 spiro atoms. The second-order valence-corrected chi connectivity index (χ2v) is 9.06. The minimum atomic E-state index is -0.728. The van der Waals surface area contributed by atoms with Crippen molar-refractivity contribution in [3.63, 3.8) is 0 Å². The Balaban J connectivity index is 1.77. The molecule has 0 bridgehead atoms. The highest BCUT2D eigenvalue weighted by molar-refractivity contribution is 7.18. The summed E-state index contributed by atoms with van der Waals surface area (Å²) in [7, 11) is 3.18. The Hall–Kier alpha value is -4.44. The number of anilines is 1. The van der Waals surface area contributed by atoms with Gasteiger partial charge < -0.3 is 15.0 Å². The highest BCUT2D eigenvalue weighted by Gasteiger charge is 2.23. The molecule has 0 aliphatic heterocycles. The van der Waals surface area contributed by atoms with Crippen LogP contribution in [-0.4, -0.2) is 36.8 Å². The molecule has 0 fully saturated rings. The molecule has 180 valence electrons. The van der Waals surface area contributed by atoms with Gasteiger partial charge in [-0.2, -0.15) is 10.5 Å². The first-order chi connectivity index (χ1) is 17.2. The third-order valence-corrected chi connectivity index (χ3v) is 6.47. The van der Waals surface area contributed by atoms with Gasteiger partial charge in [0.15, 0.2) is 0 Å².